The van der Waals surface area contributed by atoms with Crippen molar-refractivity contribution in [3.63, 3.8) is 0 Å². The van der Waals surface area contributed by atoms with Crippen molar-refractivity contribution in [3.8, 4) is 5.75 Å². The number of nitrogens with one attached hydrogen (secondary N) is 2. The molecule has 6 nitrogen and oxygen atoms in total. The minimum atomic E-state index is -0.0841. The summed E-state index contributed by atoms with van der Waals surface area (Å²) in [6.07, 6.45) is 0.927. The molecule has 0 aliphatic heterocycles. The average molecular weight is 309 g/mol. The highest BCUT2D eigenvalue weighted by molar-refractivity contribution is 5.92. The molecule has 0 saturated heterocycles. The summed E-state index contributed by atoms with van der Waals surface area (Å²) in [5, 5.41) is 5.64. The van der Waals surface area contributed by atoms with Crippen molar-refractivity contribution in [2.75, 3.05) is 51.7 Å². The number of carbonyl (C=O) groups is 1. The molecule has 1 aromatic rings. The van der Waals surface area contributed by atoms with Gasteiger partial charge in [0.05, 0.1) is 19.3 Å². The molecule has 0 saturated carbocycles. The number of anilines is 2. The van der Waals surface area contributed by atoms with Crippen molar-refractivity contribution in [3.05, 3.63) is 18.2 Å². The molecule has 124 valence electrons. The Morgan fingerprint density at radius 2 is 2.09 bits per heavy atom. The van der Waals surface area contributed by atoms with E-state index in [9.17, 15) is 4.79 Å². The van der Waals surface area contributed by atoms with Crippen LogP contribution in [0.1, 0.15) is 13.3 Å². The second-order valence-electron chi connectivity index (χ2n) is 5.21. The summed E-state index contributed by atoms with van der Waals surface area (Å²) >= 11 is 0. The lowest BCUT2D eigenvalue weighted by atomic mass is 10.1. The predicted octanol–water partition coefficient (Wildman–Crippen LogP) is 1.71. The van der Waals surface area contributed by atoms with Crippen LogP contribution in [0.4, 0.5) is 11.4 Å². The van der Waals surface area contributed by atoms with E-state index in [-0.39, 0.29) is 12.5 Å². The lowest BCUT2D eigenvalue weighted by Gasteiger charge is -2.28. The van der Waals surface area contributed by atoms with Gasteiger partial charge in [-0.25, -0.2) is 0 Å². The molecule has 1 unspecified atom stereocenters. The van der Waals surface area contributed by atoms with Gasteiger partial charge in [0.1, 0.15) is 5.75 Å². The summed E-state index contributed by atoms with van der Waals surface area (Å²) in [5.41, 5.74) is 1.71. The number of hydrogen-bond donors (Lipinski definition) is 2. The van der Waals surface area contributed by atoms with Crippen molar-refractivity contribution >= 4 is 17.3 Å². The summed E-state index contributed by atoms with van der Waals surface area (Å²) in [6.45, 7) is 3.13. The molecule has 0 radical (unpaired) electrons. The minimum absolute atomic E-state index is 0.0841. The highest BCUT2D eigenvalue weighted by Crippen LogP contribution is 2.32. The van der Waals surface area contributed by atoms with Crippen LogP contribution in [0.15, 0.2) is 18.2 Å². The van der Waals surface area contributed by atoms with E-state index in [1.165, 1.54) is 0 Å². The molecule has 22 heavy (non-hydrogen) atoms. The third-order valence-electron chi connectivity index (χ3n) is 3.58. The van der Waals surface area contributed by atoms with Crippen molar-refractivity contribution in [2.45, 2.75) is 19.4 Å². The Bertz CT molecular complexity index is 480. The van der Waals surface area contributed by atoms with E-state index in [1.54, 1.807) is 21.3 Å². The first-order chi connectivity index (χ1) is 10.5. The third-order valence-corrected chi connectivity index (χ3v) is 3.58. The maximum Gasteiger partial charge on any atom is 0.238 e. The maximum atomic E-state index is 11.6. The summed E-state index contributed by atoms with van der Waals surface area (Å²) in [5.74, 6) is 0.646. The van der Waals surface area contributed by atoms with Gasteiger partial charge in [-0.05, 0) is 32.5 Å². The molecule has 1 atom stereocenters. The molecular weight excluding hydrogens is 282 g/mol. The smallest absolute Gasteiger partial charge is 0.238 e. The van der Waals surface area contributed by atoms with Gasteiger partial charge in [0.2, 0.25) is 5.91 Å². The van der Waals surface area contributed by atoms with Crippen LogP contribution in [-0.4, -0.2) is 53.4 Å². The number of likely N-dealkylation sites (N-methyl/N-ethyl adjacent to an activating group) is 1. The molecule has 2 N–H and O–H groups in total. The van der Waals surface area contributed by atoms with Crippen LogP contribution in [0.2, 0.25) is 0 Å². The third kappa shape index (κ3) is 5.20. The van der Waals surface area contributed by atoms with E-state index in [4.69, 9.17) is 9.47 Å². The number of amides is 1. The van der Waals surface area contributed by atoms with Crippen LogP contribution < -0.4 is 20.3 Å². The van der Waals surface area contributed by atoms with Gasteiger partial charge < -0.3 is 25.0 Å². The van der Waals surface area contributed by atoms with Crippen LogP contribution in [0, 0.1) is 0 Å². The number of rotatable bonds is 9. The van der Waals surface area contributed by atoms with Gasteiger partial charge in [0.15, 0.2) is 0 Å². The van der Waals surface area contributed by atoms with Crippen molar-refractivity contribution in [1.29, 1.82) is 0 Å². The Morgan fingerprint density at radius 1 is 1.36 bits per heavy atom. The van der Waals surface area contributed by atoms with Crippen LogP contribution in [0.25, 0.3) is 0 Å². The first kappa shape index (κ1) is 18.3. The lowest BCUT2D eigenvalue weighted by Crippen LogP contribution is -2.30. The molecule has 0 aliphatic carbocycles. The standard InChI is InChI=1S/C16H27N3O3/c1-12(8-9-21-4)19(3)14-7-6-13(10-15(14)22-5)18-16(20)11-17-2/h6-7,10,12,17H,8-9,11H2,1-5H3,(H,18,20). The summed E-state index contributed by atoms with van der Waals surface area (Å²) in [4.78, 5) is 13.8. The second-order valence-corrected chi connectivity index (χ2v) is 5.21. The Balaban J connectivity index is 2.86. The zero-order chi connectivity index (χ0) is 16.5. The molecule has 0 spiro atoms. The molecule has 0 bridgehead atoms. The normalized spacial score (nSPS) is 11.9. The molecule has 1 amide bonds. The summed E-state index contributed by atoms with van der Waals surface area (Å²) in [7, 11) is 7.10. The Morgan fingerprint density at radius 3 is 2.68 bits per heavy atom. The highest BCUT2D eigenvalue weighted by Gasteiger charge is 2.15. The molecule has 1 aromatic carbocycles. The van der Waals surface area contributed by atoms with E-state index in [0.717, 1.165) is 23.5 Å². The first-order valence-corrected chi connectivity index (χ1v) is 7.37. The van der Waals surface area contributed by atoms with Crippen LogP contribution >= 0.6 is 0 Å². The van der Waals surface area contributed by atoms with E-state index < -0.39 is 0 Å². The van der Waals surface area contributed by atoms with Crippen LogP contribution in [0.5, 0.6) is 5.75 Å². The molecule has 0 heterocycles. The molecule has 0 aromatic heterocycles. The minimum Gasteiger partial charge on any atom is -0.495 e. The summed E-state index contributed by atoms with van der Waals surface area (Å²) in [6, 6.07) is 5.99. The Kier molecular flexibility index (Phi) is 7.70. The quantitative estimate of drug-likeness (QED) is 0.727. The van der Waals surface area contributed by atoms with Gasteiger partial charge in [0.25, 0.3) is 0 Å². The van der Waals surface area contributed by atoms with Gasteiger partial charge >= 0.3 is 0 Å². The highest BCUT2D eigenvalue weighted by atomic mass is 16.5. The van der Waals surface area contributed by atoms with E-state index in [0.29, 0.717) is 12.6 Å². The van der Waals surface area contributed by atoms with Gasteiger partial charge in [-0.15, -0.1) is 0 Å². The van der Waals surface area contributed by atoms with Crippen LogP contribution in [0.3, 0.4) is 0 Å². The fourth-order valence-corrected chi connectivity index (χ4v) is 2.13. The van der Waals surface area contributed by atoms with Gasteiger partial charge in [0, 0.05) is 38.6 Å². The lowest BCUT2D eigenvalue weighted by molar-refractivity contribution is -0.115. The molecular formula is C16H27N3O3. The SMILES string of the molecule is CNCC(=O)Nc1ccc(N(C)C(C)CCOC)c(OC)c1. The molecule has 6 heteroatoms. The fraction of sp³-hybridized carbons (Fsp3) is 0.562. The van der Waals surface area contributed by atoms with Crippen molar-refractivity contribution in [1.82, 2.24) is 5.32 Å². The number of methoxy groups -OCH3 is 2. The second kappa shape index (κ2) is 9.27. The molecule has 0 aliphatic rings. The average Bonchev–Trinajstić information content (AvgIpc) is 2.51. The van der Waals surface area contributed by atoms with Gasteiger partial charge in [-0.1, -0.05) is 0 Å². The Hall–Kier alpha value is -1.79. The predicted molar refractivity (Wildman–Crippen MR) is 89.9 cm³/mol. The number of ether oxygens (including phenoxy) is 2. The maximum absolute atomic E-state index is 11.6. The van der Waals surface area contributed by atoms with E-state index in [2.05, 4.69) is 22.5 Å². The monoisotopic (exact) mass is 309 g/mol. The largest absolute Gasteiger partial charge is 0.495 e. The zero-order valence-corrected chi connectivity index (χ0v) is 14.1. The van der Waals surface area contributed by atoms with Gasteiger partial charge in [-0.3, -0.25) is 4.79 Å². The number of benzene rings is 1. The summed E-state index contributed by atoms with van der Waals surface area (Å²) < 4.78 is 10.6. The topological polar surface area (TPSA) is 62.8 Å². The van der Waals surface area contributed by atoms with E-state index >= 15 is 0 Å². The van der Waals surface area contributed by atoms with Crippen LogP contribution in [-0.2, 0) is 9.53 Å². The zero-order valence-electron chi connectivity index (χ0n) is 14.1. The number of carbonyl (C=O) groups excluding carboxylic acids is 1. The molecule has 0 fully saturated rings. The molecule has 1 rings (SSSR count). The Labute approximate surface area is 132 Å². The first-order valence-electron chi connectivity index (χ1n) is 7.37. The number of hydrogen-bond acceptors (Lipinski definition) is 5. The van der Waals surface area contributed by atoms with Crippen molar-refractivity contribution in [2.24, 2.45) is 0 Å². The number of nitrogens with zero attached hydrogens (tertiary/aromatic N) is 1. The fourth-order valence-electron chi connectivity index (χ4n) is 2.13. The van der Waals surface area contributed by atoms with Crippen molar-refractivity contribution < 1.29 is 14.3 Å². The van der Waals surface area contributed by atoms with Gasteiger partial charge in [-0.2, -0.15) is 0 Å². The van der Waals surface area contributed by atoms with E-state index in [1.807, 2.05) is 25.2 Å².